The summed E-state index contributed by atoms with van der Waals surface area (Å²) < 4.78 is 2.84. The molecule has 3 heterocycles. The van der Waals surface area contributed by atoms with Crippen LogP contribution in [-0.2, 0) is 6.54 Å². The molecule has 0 N–H and O–H groups in total. The largest absolute Gasteiger partial charge is 0.264 e. The highest BCUT2D eigenvalue weighted by Crippen LogP contribution is 2.17. The maximum absolute atomic E-state index is 4.37. The minimum absolute atomic E-state index is 0.686. The number of pyridine rings is 2. The maximum atomic E-state index is 4.37. The summed E-state index contributed by atoms with van der Waals surface area (Å²) in [6.45, 7) is 0.686. The minimum Gasteiger partial charge on any atom is -0.264 e. The third-order valence-corrected chi connectivity index (χ3v) is 2.93. The molecule has 4 nitrogen and oxygen atoms in total. The number of halogens is 1. The van der Waals surface area contributed by atoms with E-state index in [1.807, 2.05) is 35.3 Å². The molecule has 0 amide bonds. The van der Waals surface area contributed by atoms with Crippen molar-refractivity contribution in [3.63, 3.8) is 0 Å². The van der Waals surface area contributed by atoms with Crippen LogP contribution in [0, 0.1) is 0 Å². The van der Waals surface area contributed by atoms with Crippen molar-refractivity contribution in [1.29, 1.82) is 0 Å². The average molecular weight is 289 g/mol. The van der Waals surface area contributed by atoms with E-state index >= 15 is 0 Å². The quantitative estimate of drug-likeness (QED) is 0.728. The monoisotopic (exact) mass is 288 g/mol. The Morgan fingerprint density at radius 3 is 3.00 bits per heavy atom. The van der Waals surface area contributed by atoms with Gasteiger partial charge in [0.15, 0.2) is 5.65 Å². The number of fused-ring (bicyclic) bond motifs is 1. The highest BCUT2D eigenvalue weighted by Gasteiger charge is 2.04. The fourth-order valence-electron chi connectivity index (χ4n) is 1.73. The molecule has 0 aliphatic rings. The van der Waals surface area contributed by atoms with Gasteiger partial charge in [-0.15, -0.1) is 0 Å². The van der Waals surface area contributed by atoms with E-state index in [9.17, 15) is 0 Å². The molecule has 5 heteroatoms. The number of aromatic nitrogens is 4. The van der Waals surface area contributed by atoms with Crippen molar-refractivity contribution >= 4 is 27.0 Å². The van der Waals surface area contributed by atoms with Crippen LogP contribution in [0.1, 0.15) is 5.56 Å². The van der Waals surface area contributed by atoms with Crippen molar-refractivity contribution in [2.24, 2.45) is 0 Å². The van der Waals surface area contributed by atoms with E-state index < -0.39 is 0 Å². The van der Waals surface area contributed by atoms with Gasteiger partial charge < -0.3 is 0 Å². The maximum Gasteiger partial charge on any atom is 0.158 e. The second kappa shape index (κ2) is 4.25. The van der Waals surface area contributed by atoms with Gasteiger partial charge in [0, 0.05) is 28.4 Å². The van der Waals surface area contributed by atoms with Gasteiger partial charge in [0.25, 0.3) is 0 Å². The van der Waals surface area contributed by atoms with E-state index in [2.05, 4.69) is 31.0 Å². The molecule has 0 saturated heterocycles. The number of hydrogen-bond donors (Lipinski definition) is 0. The van der Waals surface area contributed by atoms with Gasteiger partial charge in [-0.2, -0.15) is 5.10 Å². The Balaban J connectivity index is 2.01. The predicted molar refractivity (Wildman–Crippen MR) is 68.6 cm³/mol. The molecule has 0 bridgehead atoms. The Bertz CT molecular complexity index is 648. The highest BCUT2D eigenvalue weighted by molar-refractivity contribution is 9.10. The zero-order chi connectivity index (χ0) is 11.7. The first-order valence-corrected chi connectivity index (χ1v) is 5.98. The number of hydrogen-bond acceptors (Lipinski definition) is 3. The van der Waals surface area contributed by atoms with Crippen molar-refractivity contribution in [2.75, 3.05) is 0 Å². The zero-order valence-electron chi connectivity index (χ0n) is 8.92. The molecule has 0 radical (unpaired) electrons. The van der Waals surface area contributed by atoms with Gasteiger partial charge in [-0.3, -0.25) is 4.98 Å². The summed E-state index contributed by atoms with van der Waals surface area (Å²) in [6, 6.07) is 5.96. The van der Waals surface area contributed by atoms with Crippen LogP contribution in [0.4, 0.5) is 0 Å². The van der Waals surface area contributed by atoms with Crippen molar-refractivity contribution < 1.29 is 0 Å². The summed E-state index contributed by atoms with van der Waals surface area (Å²) in [5.74, 6) is 0. The molecule has 3 aromatic rings. The third-order valence-electron chi connectivity index (χ3n) is 2.50. The van der Waals surface area contributed by atoms with Gasteiger partial charge >= 0.3 is 0 Å². The first-order valence-electron chi connectivity index (χ1n) is 5.19. The molecular formula is C12H9BrN4. The molecule has 0 atom stereocenters. The van der Waals surface area contributed by atoms with Crippen molar-refractivity contribution in [3.05, 3.63) is 53.0 Å². The van der Waals surface area contributed by atoms with Crippen LogP contribution in [0.25, 0.3) is 11.0 Å². The van der Waals surface area contributed by atoms with E-state index in [1.165, 1.54) is 0 Å². The average Bonchev–Trinajstić information content (AvgIpc) is 2.73. The van der Waals surface area contributed by atoms with Crippen molar-refractivity contribution in [2.45, 2.75) is 6.54 Å². The van der Waals surface area contributed by atoms with E-state index in [-0.39, 0.29) is 0 Å². The summed E-state index contributed by atoms with van der Waals surface area (Å²) in [4.78, 5) is 8.46. The normalized spacial score (nSPS) is 10.9. The van der Waals surface area contributed by atoms with Crippen LogP contribution in [0.2, 0.25) is 0 Å². The van der Waals surface area contributed by atoms with E-state index in [0.717, 1.165) is 21.1 Å². The van der Waals surface area contributed by atoms with Gasteiger partial charge in [0.05, 0.1) is 12.7 Å². The summed E-state index contributed by atoms with van der Waals surface area (Å²) in [5, 5.41) is 5.37. The molecule has 0 saturated carbocycles. The first-order chi connectivity index (χ1) is 8.33. The van der Waals surface area contributed by atoms with Crippen LogP contribution < -0.4 is 0 Å². The first kappa shape index (κ1) is 10.4. The lowest BCUT2D eigenvalue weighted by Gasteiger charge is -2.02. The molecule has 0 unspecified atom stereocenters. The lowest BCUT2D eigenvalue weighted by atomic mass is 10.3. The van der Waals surface area contributed by atoms with E-state index in [0.29, 0.717) is 6.54 Å². The smallest absolute Gasteiger partial charge is 0.158 e. The second-order valence-corrected chi connectivity index (χ2v) is 4.65. The molecule has 0 aliphatic carbocycles. The number of nitrogens with zero attached hydrogens (tertiary/aromatic N) is 4. The van der Waals surface area contributed by atoms with Crippen LogP contribution in [-0.4, -0.2) is 19.7 Å². The van der Waals surface area contributed by atoms with Crippen LogP contribution in [0.3, 0.4) is 0 Å². The third kappa shape index (κ3) is 2.06. The SMILES string of the molecule is Brc1cnc2c(cnn2Cc2cccnc2)c1. The molecule has 84 valence electrons. The molecule has 3 rings (SSSR count). The minimum atomic E-state index is 0.686. The molecule has 0 fully saturated rings. The second-order valence-electron chi connectivity index (χ2n) is 3.73. The van der Waals surface area contributed by atoms with Gasteiger partial charge in [0.1, 0.15) is 0 Å². The fraction of sp³-hybridized carbons (Fsp3) is 0.0833. The Kier molecular flexibility index (Phi) is 2.60. The fourth-order valence-corrected chi connectivity index (χ4v) is 2.07. The molecule has 0 aromatic carbocycles. The van der Waals surface area contributed by atoms with Crippen LogP contribution in [0.15, 0.2) is 47.5 Å². The summed E-state index contributed by atoms with van der Waals surface area (Å²) >= 11 is 3.40. The van der Waals surface area contributed by atoms with Gasteiger partial charge in [-0.25, -0.2) is 9.67 Å². The molecule has 17 heavy (non-hydrogen) atoms. The Hall–Kier alpha value is -1.75. The Labute approximate surface area is 106 Å². The molecule has 0 aliphatic heterocycles. The predicted octanol–water partition coefficient (Wildman–Crippen LogP) is 2.64. The van der Waals surface area contributed by atoms with E-state index in [1.54, 1.807) is 12.4 Å². The summed E-state index contributed by atoms with van der Waals surface area (Å²) in [6.07, 6.45) is 7.21. The highest BCUT2D eigenvalue weighted by atomic mass is 79.9. The number of rotatable bonds is 2. The topological polar surface area (TPSA) is 43.6 Å². The zero-order valence-corrected chi connectivity index (χ0v) is 10.5. The summed E-state index contributed by atoms with van der Waals surface area (Å²) in [5.41, 5.74) is 2.00. The van der Waals surface area contributed by atoms with E-state index in [4.69, 9.17) is 0 Å². The lowest BCUT2D eigenvalue weighted by Crippen LogP contribution is -2.02. The van der Waals surface area contributed by atoms with Gasteiger partial charge in [-0.1, -0.05) is 6.07 Å². The van der Waals surface area contributed by atoms with Gasteiger partial charge in [-0.05, 0) is 33.6 Å². The van der Waals surface area contributed by atoms with Crippen LogP contribution >= 0.6 is 15.9 Å². The lowest BCUT2D eigenvalue weighted by molar-refractivity contribution is 0.702. The Morgan fingerprint density at radius 2 is 2.18 bits per heavy atom. The molecule has 3 aromatic heterocycles. The molecular weight excluding hydrogens is 280 g/mol. The van der Waals surface area contributed by atoms with Gasteiger partial charge in [0.2, 0.25) is 0 Å². The Morgan fingerprint density at radius 1 is 1.24 bits per heavy atom. The van der Waals surface area contributed by atoms with Crippen molar-refractivity contribution in [3.8, 4) is 0 Å². The standard InChI is InChI=1S/C12H9BrN4/c13-11-4-10-6-16-17(12(10)15-7-11)8-9-2-1-3-14-5-9/h1-7H,8H2. The van der Waals surface area contributed by atoms with Crippen molar-refractivity contribution in [1.82, 2.24) is 19.7 Å². The summed E-state index contributed by atoms with van der Waals surface area (Å²) in [7, 11) is 0. The van der Waals surface area contributed by atoms with Crippen LogP contribution in [0.5, 0.6) is 0 Å². The molecule has 0 spiro atoms.